The van der Waals surface area contributed by atoms with Crippen molar-refractivity contribution in [3.63, 3.8) is 0 Å². The molecule has 0 aliphatic rings. The SMILES string of the molecule is CC[C@H](C(=O)O[C@@H](C)C(=O)Nc1cc(Cl)ccc1Cl)c1ccccc1. The van der Waals surface area contributed by atoms with Gasteiger partial charge in [0.05, 0.1) is 16.6 Å². The number of carbonyl (C=O) groups is 2. The van der Waals surface area contributed by atoms with Crippen molar-refractivity contribution >= 4 is 40.8 Å². The second kappa shape index (κ2) is 8.88. The van der Waals surface area contributed by atoms with Crippen LogP contribution in [0.2, 0.25) is 10.0 Å². The Morgan fingerprint density at radius 3 is 2.44 bits per heavy atom. The van der Waals surface area contributed by atoms with Gasteiger partial charge < -0.3 is 10.1 Å². The Balaban J connectivity index is 2.02. The van der Waals surface area contributed by atoms with E-state index in [4.69, 9.17) is 27.9 Å². The average Bonchev–Trinajstić information content (AvgIpc) is 2.59. The van der Waals surface area contributed by atoms with Crippen molar-refractivity contribution in [3.8, 4) is 0 Å². The molecule has 132 valence electrons. The van der Waals surface area contributed by atoms with Gasteiger partial charge in [0, 0.05) is 5.02 Å². The van der Waals surface area contributed by atoms with E-state index in [0.717, 1.165) is 5.56 Å². The Labute approximate surface area is 157 Å². The number of halogens is 2. The monoisotopic (exact) mass is 379 g/mol. The molecule has 0 aliphatic carbocycles. The summed E-state index contributed by atoms with van der Waals surface area (Å²) >= 11 is 11.9. The summed E-state index contributed by atoms with van der Waals surface area (Å²) in [6.45, 7) is 3.42. The van der Waals surface area contributed by atoms with Crippen molar-refractivity contribution in [2.45, 2.75) is 32.3 Å². The fraction of sp³-hybridized carbons (Fsp3) is 0.263. The quantitative estimate of drug-likeness (QED) is 0.713. The van der Waals surface area contributed by atoms with E-state index in [-0.39, 0.29) is 0 Å². The maximum atomic E-state index is 12.4. The van der Waals surface area contributed by atoms with Gasteiger partial charge in [-0.3, -0.25) is 9.59 Å². The van der Waals surface area contributed by atoms with Gasteiger partial charge in [0.15, 0.2) is 6.10 Å². The fourth-order valence-electron chi connectivity index (χ4n) is 2.36. The van der Waals surface area contributed by atoms with Gasteiger partial charge in [-0.2, -0.15) is 0 Å². The lowest BCUT2D eigenvalue weighted by Gasteiger charge is -2.19. The summed E-state index contributed by atoms with van der Waals surface area (Å²) in [7, 11) is 0. The second-order valence-corrected chi connectivity index (χ2v) is 6.41. The molecular weight excluding hydrogens is 361 g/mol. The fourth-order valence-corrected chi connectivity index (χ4v) is 2.70. The van der Waals surface area contributed by atoms with E-state index in [2.05, 4.69) is 5.32 Å². The highest BCUT2D eigenvalue weighted by Gasteiger charge is 2.25. The minimum Gasteiger partial charge on any atom is -0.452 e. The van der Waals surface area contributed by atoms with E-state index in [1.54, 1.807) is 12.1 Å². The number of hydrogen-bond donors (Lipinski definition) is 1. The first-order chi connectivity index (χ1) is 11.9. The van der Waals surface area contributed by atoms with Crippen LogP contribution in [-0.4, -0.2) is 18.0 Å². The lowest BCUT2D eigenvalue weighted by Crippen LogP contribution is -2.31. The third kappa shape index (κ3) is 5.21. The summed E-state index contributed by atoms with van der Waals surface area (Å²) < 4.78 is 5.33. The Morgan fingerprint density at radius 2 is 1.80 bits per heavy atom. The molecule has 1 amide bonds. The Morgan fingerprint density at radius 1 is 1.12 bits per heavy atom. The van der Waals surface area contributed by atoms with Crippen LogP contribution in [0.1, 0.15) is 31.7 Å². The van der Waals surface area contributed by atoms with E-state index < -0.39 is 23.9 Å². The van der Waals surface area contributed by atoms with Crippen molar-refractivity contribution in [3.05, 3.63) is 64.1 Å². The van der Waals surface area contributed by atoms with Crippen LogP contribution in [0.15, 0.2) is 48.5 Å². The highest BCUT2D eigenvalue weighted by molar-refractivity contribution is 6.35. The number of carbonyl (C=O) groups excluding carboxylic acids is 2. The third-order valence-corrected chi connectivity index (χ3v) is 4.31. The van der Waals surface area contributed by atoms with Crippen LogP contribution in [0, 0.1) is 0 Å². The maximum Gasteiger partial charge on any atom is 0.314 e. The molecule has 25 heavy (non-hydrogen) atoms. The van der Waals surface area contributed by atoms with Gasteiger partial charge in [-0.15, -0.1) is 0 Å². The van der Waals surface area contributed by atoms with E-state index >= 15 is 0 Å². The zero-order valence-corrected chi connectivity index (χ0v) is 15.5. The van der Waals surface area contributed by atoms with Crippen LogP contribution in [0.5, 0.6) is 0 Å². The van der Waals surface area contributed by atoms with Crippen LogP contribution in [-0.2, 0) is 14.3 Å². The molecule has 0 heterocycles. The predicted molar refractivity (Wildman–Crippen MR) is 100 cm³/mol. The number of amides is 1. The van der Waals surface area contributed by atoms with Crippen LogP contribution < -0.4 is 5.32 Å². The van der Waals surface area contributed by atoms with Gasteiger partial charge in [-0.05, 0) is 37.1 Å². The molecule has 0 radical (unpaired) electrons. The molecule has 6 heteroatoms. The summed E-state index contributed by atoms with van der Waals surface area (Å²) in [5.74, 6) is -1.32. The lowest BCUT2D eigenvalue weighted by atomic mass is 9.97. The lowest BCUT2D eigenvalue weighted by molar-refractivity contribution is -0.154. The summed E-state index contributed by atoms with van der Waals surface area (Å²) in [5, 5.41) is 3.42. The summed E-state index contributed by atoms with van der Waals surface area (Å²) in [6, 6.07) is 14.1. The number of rotatable bonds is 6. The zero-order valence-electron chi connectivity index (χ0n) is 14.0. The van der Waals surface area contributed by atoms with Crippen molar-refractivity contribution < 1.29 is 14.3 Å². The van der Waals surface area contributed by atoms with Crippen molar-refractivity contribution in [2.75, 3.05) is 5.32 Å². The zero-order chi connectivity index (χ0) is 18.4. The van der Waals surface area contributed by atoms with E-state index in [9.17, 15) is 9.59 Å². The van der Waals surface area contributed by atoms with Crippen molar-refractivity contribution in [1.29, 1.82) is 0 Å². The van der Waals surface area contributed by atoms with Crippen molar-refractivity contribution in [2.24, 2.45) is 0 Å². The molecule has 1 N–H and O–H groups in total. The Kier molecular flexibility index (Phi) is 6.85. The third-order valence-electron chi connectivity index (χ3n) is 3.74. The molecule has 4 nitrogen and oxygen atoms in total. The normalized spacial score (nSPS) is 13.0. The Hall–Kier alpha value is -2.04. The number of benzene rings is 2. The minimum absolute atomic E-state index is 0.354. The molecule has 2 atom stereocenters. The summed E-state index contributed by atoms with van der Waals surface area (Å²) in [4.78, 5) is 24.7. The van der Waals surface area contributed by atoms with Gasteiger partial charge in [-0.1, -0.05) is 60.5 Å². The molecule has 0 aromatic heterocycles. The van der Waals surface area contributed by atoms with E-state index in [1.807, 2.05) is 37.3 Å². The maximum absolute atomic E-state index is 12.4. The van der Waals surface area contributed by atoms with E-state index in [0.29, 0.717) is 22.2 Å². The smallest absolute Gasteiger partial charge is 0.314 e. The highest BCUT2D eigenvalue weighted by Crippen LogP contribution is 2.26. The van der Waals surface area contributed by atoms with E-state index in [1.165, 1.54) is 13.0 Å². The number of ether oxygens (including phenoxy) is 1. The molecule has 2 rings (SSSR count). The standard InChI is InChI=1S/C19H19Cl2NO3/c1-3-15(13-7-5-4-6-8-13)19(24)25-12(2)18(23)22-17-11-14(20)9-10-16(17)21/h4-12,15H,3H2,1-2H3,(H,22,23)/t12-,15-/m0/s1. The first kappa shape index (κ1) is 19.3. The molecule has 2 aromatic carbocycles. The van der Waals surface area contributed by atoms with Gasteiger partial charge in [0.2, 0.25) is 0 Å². The van der Waals surface area contributed by atoms with Gasteiger partial charge >= 0.3 is 5.97 Å². The average molecular weight is 380 g/mol. The Bertz CT molecular complexity index is 750. The molecule has 0 saturated heterocycles. The molecular formula is C19H19Cl2NO3. The molecule has 0 spiro atoms. The first-order valence-electron chi connectivity index (χ1n) is 7.93. The van der Waals surface area contributed by atoms with Crippen molar-refractivity contribution in [1.82, 2.24) is 0 Å². The van der Waals surface area contributed by atoms with Gasteiger partial charge in [0.1, 0.15) is 0 Å². The molecule has 0 fully saturated rings. The largest absolute Gasteiger partial charge is 0.452 e. The van der Waals surface area contributed by atoms with Gasteiger partial charge in [-0.25, -0.2) is 0 Å². The molecule has 0 unspecified atom stereocenters. The molecule has 2 aromatic rings. The number of hydrogen-bond acceptors (Lipinski definition) is 3. The van der Waals surface area contributed by atoms with Crippen LogP contribution in [0.4, 0.5) is 5.69 Å². The topological polar surface area (TPSA) is 55.4 Å². The molecule has 0 saturated carbocycles. The van der Waals surface area contributed by atoms with Gasteiger partial charge in [0.25, 0.3) is 5.91 Å². The summed E-state index contributed by atoms with van der Waals surface area (Å²) in [5.41, 5.74) is 1.23. The first-order valence-corrected chi connectivity index (χ1v) is 8.69. The predicted octanol–water partition coefficient (Wildman–Crippen LogP) is 5.06. The number of anilines is 1. The highest BCUT2D eigenvalue weighted by atomic mass is 35.5. The summed E-state index contributed by atoms with van der Waals surface area (Å²) in [6.07, 6.45) is -0.377. The van der Waals surface area contributed by atoms with Crippen LogP contribution in [0.3, 0.4) is 0 Å². The second-order valence-electron chi connectivity index (χ2n) is 5.56. The van der Waals surface area contributed by atoms with Crippen LogP contribution in [0.25, 0.3) is 0 Å². The molecule has 0 bridgehead atoms. The number of nitrogens with one attached hydrogen (secondary N) is 1. The minimum atomic E-state index is -0.958. The van der Waals surface area contributed by atoms with Crippen LogP contribution >= 0.6 is 23.2 Å². The number of esters is 1. The molecule has 0 aliphatic heterocycles.